The first-order chi connectivity index (χ1) is 26.8. The van der Waals surface area contributed by atoms with E-state index in [0.717, 1.165) is 34.5 Å². The van der Waals surface area contributed by atoms with Gasteiger partial charge < -0.3 is 36.6 Å². The van der Waals surface area contributed by atoms with Crippen molar-refractivity contribution in [1.29, 1.82) is 0 Å². The normalized spacial score (nSPS) is 12.4. The van der Waals surface area contributed by atoms with Gasteiger partial charge in [0.1, 0.15) is 11.7 Å². The number of anilines is 2. The quantitative estimate of drug-likeness (QED) is 0.105. The predicted octanol–water partition coefficient (Wildman–Crippen LogP) is 2.37. The molecule has 0 unspecified atom stereocenters. The zero-order valence-electron chi connectivity index (χ0n) is 31.8. The average Bonchev–Trinajstić information content (AvgIpc) is 3.65. The number of fused-ring (bicyclic) bond motifs is 5. The molecule has 0 saturated heterocycles. The van der Waals surface area contributed by atoms with Gasteiger partial charge in [0.25, 0.3) is 0 Å². The molecule has 0 radical (unpaired) electrons. The third kappa shape index (κ3) is 10.0. The van der Waals surface area contributed by atoms with Crippen LogP contribution in [0.25, 0.3) is 22.5 Å². The molecule has 5 rings (SSSR count). The maximum absolute atomic E-state index is 13.9. The van der Waals surface area contributed by atoms with Crippen LogP contribution in [0.4, 0.5) is 11.4 Å². The molecule has 1 atom stereocenters. The number of hydrogen-bond donors (Lipinski definition) is 6. The number of amides is 6. The van der Waals surface area contributed by atoms with Gasteiger partial charge in [-0.05, 0) is 56.5 Å². The Balaban J connectivity index is 1.08. The fraction of sp³-hybridized carbons (Fsp3) is 0.350. The first-order valence-electron chi connectivity index (χ1n) is 18.4. The second-order valence-corrected chi connectivity index (χ2v) is 14.0. The van der Waals surface area contributed by atoms with E-state index in [0.29, 0.717) is 16.9 Å². The van der Waals surface area contributed by atoms with Crippen LogP contribution in [0.3, 0.4) is 0 Å². The molecule has 3 aromatic carbocycles. The van der Waals surface area contributed by atoms with E-state index in [9.17, 15) is 28.8 Å². The molecule has 0 saturated carbocycles. The number of aliphatic hydroxyl groups excluding tert-OH is 1. The summed E-state index contributed by atoms with van der Waals surface area (Å²) < 4.78 is 1.91. The van der Waals surface area contributed by atoms with Crippen molar-refractivity contribution in [3.63, 3.8) is 0 Å². The van der Waals surface area contributed by atoms with E-state index in [1.807, 2.05) is 53.2 Å². The summed E-state index contributed by atoms with van der Waals surface area (Å²) in [7, 11) is 0. The Labute approximate surface area is 324 Å². The number of aromatic nitrogens is 3. The van der Waals surface area contributed by atoms with Gasteiger partial charge in [0.2, 0.25) is 35.4 Å². The van der Waals surface area contributed by atoms with E-state index < -0.39 is 55.2 Å². The lowest BCUT2D eigenvalue weighted by atomic mass is 9.93. The van der Waals surface area contributed by atoms with E-state index in [4.69, 9.17) is 5.11 Å². The minimum atomic E-state index is -0.911. The lowest BCUT2D eigenvalue weighted by Gasteiger charge is -2.31. The maximum Gasteiger partial charge on any atom is 0.246 e. The predicted molar refractivity (Wildman–Crippen MR) is 209 cm³/mol. The Bertz CT molecular complexity index is 2100. The number of para-hydroxylation sites is 1. The van der Waals surface area contributed by atoms with Crippen LogP contribution in [0, 0.1) is 0 Å². The number of nitrogens with one attached hydrogen (secondary N) is 5. The molecule has 1 aromatic heterocycles. The molecule has 1 aliphatic heterocycles. The van der Waals surface area contributed by atoms with Gasteiger partial charge in [-0.3, -0.25) is 28.8 Å². The number of benzene rings is 3. The van der Waals surface area contributed by atoms with Crippen molar-refractivity contribution < 1.29 is 33.9 Å². The molecule has 16 nitrogen and oxygen atoms in total. The topological polar surface area (TPSA) is 217 Å². The minimum Gasteiger partial charge on any atom is -0.392 e. The van der Waals surface area contributed by atoms with Crippen molar-refractivity contribution in [1.82, 2.24) is 36.3 Å². The van der Waals surface area contributed by atoms with Gasteiger partial charge in [-0.1, -0.05) is 66.7 Å². The molecule has 2 heterocycles. The third-order valence-electron chi connectivity index (χ3n) is 9.54. The van der Waals surface area contributed by atoms with Gasteiger partial charge in [0, 0.05) is 29.7 Å². The minimum absolute atomic E-state index is 0.128. The standard InChI is InChI=1S/C40H47N9O7/c1-5-40(3,4)49-38-30-12-8-9-13-31(30)48(23-27-10-6-7-11-29(27)37(38)46-47-49)36(55)19-18-32(51)41-20-33(52)42-21-34(53)43-22-35(54)44-25(2)39(56)45-28-16-14-26(24-50)15-17-28/h6-17,25,50H,5,18-24H2,1-4H3,(H,41,51)(H,42,52)(H,43,53)(H,44,54)(H,45,56)/t25-/m0/s1. The molecule has 4 aromatic rings. The molecule has 294 valence electrons. The molecule has 0 bridgehead atoms. The molecule has 56 heavy (non-hydrogen) atoms. The number of aliphatic hydroxyl groups is 1. The smallest absolute Gasteiger partial charge is 0.246 e. The van der Waals surface area contributed by atoms with Crippen LogP contribution in [-0.4, -0.2) is 81.2 Å². The molecular weight excluding hydrogens is 718 g/mol. The molecular formula is C40H47N9O7. The van der Waals surface area contributed by atoms with E-state index in [1.54, 1.807) is 29.2 Å². The molecule has 0 fully saturated rings. The van der Waals surface area contributed by atoms with Gasteiger partial charge in [-0.15, -0.1) is 5.10 Å². The summed E-state index contributed by atoms with van der Waals surface area (Å²) in [4.78, 5) is 77.6. The first kappa shape index (κ1) is 40.8. The fourth-order valence-corrected chi connectivity index (χ4v) is 5.96. The third-order valence-corrected chi connectivity index (χ3v) is 9.54. The molecule has 6 N–H and O–H groups in total. The van der Waals surface area contributed by atoms with E-state index >= 15 is 0 Å². The highest BCUT2D eigenvalue weighted by Crippen LogP contribution is 2.43. The van der Waals surface area contributed by atoms with Crippen molar-refractivity contribution in [2.45, 2.75) is 71.7 Å². The van der Waals surface area contributed by atoms with Crippen LogP contribution in [0.5, 0.6) is 0 Å². The number of carbonyl (C=O) groups excluding carboxylic acids is 6. The molecule has 1 aliphatic rings. The highest BCUT2D eigenvalue weighted by molar-refractivity contribution is 6.01. The van der Waals surface area contributed by atoms with Crippen LogP contribution < -0.4 is 31.5 Å². The van der Waals surface area contributed by atoms with Crippen molar-refractivity contribution in [2.24, 2.45) is 0 Å². The van der Waals surface area contributed by atoms with E-state index in [-0.39, 0.29) is 37.4 Å². The van der Waals surface area contributed by atoms with Gasteiger partial charge in [0.05, 0.1) is 49.7 Å². The Kier molecular flexibility index (Phi) is 13.3. The van der Waals surface area contributed by atoms with Crippen molar-refractivity contribution >= 4 is 46.8 Å². The Morgan fingerprint density at radius 1 is 0.786 bits per heavy atom. The SMILES string of the molecule is CCC(C)(C)n1nnc2c1-c1ccccc1N(C(=O)CCC(=O)NCC(=O)NCC(=O)NCC(=O)N[C@@H](C)C(=O)Nc1ccc(CO)cc1)Cc1ccccc1-2. The number of hydrogen-bond acceptors (Lipinski definition) is 9. The van der Waals surface area contributed by atoms with Crippen LogP contribution >= 0.6 is 0 Å². The van der Waals surface area contributed by atoms with E-state index in [1.165, 1.54) is 6.92 Å². The van der Waals surface area contributed by atoms with Crippen molar-refractivity contribution in [2.75, 3.05) is 29.9 Å². The second kappa shape index (κ2) is 18.3. The summed E-state index contributed by atoms with van der Waals surface area (Å²) in [6, 6.07) is 20.9. The summed E-state index contributed by atoms with van der Waals surface area (Å²) in [5, 5.41) is 30.6. The van der Waals surface area contributed by atoms with Crippen LogP contribution in [0.15, 0.2) is 72.8 Å². The first-order valence-corrected chi connectivity index (χ1v) is 18.4. The number of nitrogens with zero attached hydrogens (tertiary/aromatic N) is 4. The Morgan fingerprint density at radius 3 is 2.05 bits per heavy atom. The van der Waals surface area contributed by atoms with Gasteiger partial charge >= 0.3 is 0 Å². The largest absolute Gasteiger partial charge is 0.392 e. The van der Waals surface area contributed by atoms with Crippen LogP contribution in [0.1, 0.15) is 58.1 Å². The highest BCUT2D eigenvalue weighted by Gasteiger charge is 2.33. The highest BCUT2D eigenvalue weighted by atomic mass is 16.3. The lowest BCUT2D eigenvalue weighted by molar-refractivity contribution is -0.129. The van der Waals surface area contributed by atoms with Gasteiger partial charge in [0.15, 0.2) is 0 Å². The zero-order chi connectivity index (χ0) is 40.4. The molecule has 16 heteroatoms. The summed E-state index contributed by atoms with van der Waals surface area (Å²) >= 11 is 0. The molecule has 0 aliphatic carbocycles. The van der Waals surface area contributed by atoms with Gasteiger partial charge in [-0.25, -0.2) is 4.68 Å². The summed E-state index contributed by atoms with van der Waals surface area (Å²) in [6.07, 6.45) is 0.487. The lowest BCUT2D eigenvalue weighted by Crippen LogP contribution is -2.47. The molecule has 6 amide bonds. The second-order valence-electron chi connectivity index (χ2n) is 14.0. The summed E-state index contributed by atoms with van der Waals surface area (Å²) in [5.41, 5.74) is 5.55. The Hall–Kier alpha value is -6.42. The van der Waals surface area contributed by atoms with Crippen molar-refractivity contribution in [3.05, 3.63) is 83.9 Å². The fourth-order valence-electron chi connectivity index (χ4n) is 5.96. The van der Waals surface area contributed by atoms with Crippen LogP contribution in [-0.2, 0) is 47.5 Å². The van der Waals surface area contributed by atoms with Crippen molar-refractivity contribution in [3.8, 4) is 22.5 Å². The monoisotopic (exact) mass is 765 g/mol. The Morgan fingerprint density at radius 2 is 1.39 bits per heavy atom. The molecule has 0 spiro atoms. The zero-order valence-corrected chi connectivity index (χ0v) is 31.8. The summed E-state index contributed by atoms with van der Waals surface area (Å²) in [6.45, 7) is 6.53. The summed E-state index contributed by atoms with van der Waals surface area (Å²) in [5.74, 6) is -3.22. The van der Waals surface area contributed by atoms with Crippen LogP contribution in [0.2, 0.25) is 0 Å². The van der Waals surface area contributed by atoms with Gasteiger partial charge in [-0.2, -0.15) is 0 Å². The number of rotatable bonds is 15. The average molecular weight is 766 g/mol. The number of carbonyl (C=O) groups is 6. The maximum atomic E-state index is 13.9. The van der Waals surface area contributed by atoms with E-state index in [2.05, 4.69) is 57.7 Å².